The maximum absolute atomic E-state index is 12.1. The van der Waals surface area contributed by atoms with Crippen LogP contribution in [0.25, 0.3) is 0 Å². The molecule has 1 aliphatic rings. The van der Waals surface area contributed by atoms with Crippen molar-refractivity contribution in [3.63, 3.8) is 0 Å². The summed E-state index contributed by atoms with van der Waals surface area (Å²) in [4.78, 5) is 17.0. The third-order valence-corrected chi connectivity index (χ3v) is 5.25. The Morgan fingerprint density at radius 1 is 1.11 bits per heavy atom. The SMILES string of the molecule is Cc1noc(C)c1CCC(=O)NCCN1CCN(Cc2ccccc2)CC1. The van der Waals surface area contributed by atoms with Gasteiger partial charge < -0.3 is 9.84 Å². The second-order valence-corrected chi connectivity index (χ2v) is 7.26. The van der Waals surface area contributed by atoms with E-state index in [4.69, 9.17) is 4.52 Å². The van der Waals surface area contributed by atoms with Gasteiger partial charge in [0.05, 0.1) is 5.69 Å². The molecule has 1 fully saturated rings. The largest absolute Gasteiger partial charge is 0.361 e. The Balaban J connectivity index is 1.29. The average Bonchev–Trinajstić information content (AvgIpc) is 3.00. The first-order valence-electron chi connectivity index (χ1n) is 9.79. The molecule has 0 atom stereocenters. The average molecular weight is 370 g/mol. The highest BCUT2D eigenvalue weighted by atomic mass is 16.5. The van der Waals surface area contributed by atoms with E-state index >= 15 is 0 Å². The number of aryl methyl sites for hydroxylation is 2. The molecule has 1 aliphatic heterocycles. The highest BCUT2D eigenvalue weighted by molar-refractivity contribution is 5.76. The molecular weight excluding hydrogens is 340 g/mol. The molecule has 1 saturated heterocycles. The van der Waals surface area contributed by atoms with Crippen LogP contribution in [0.15, 0.2) is 34.9 Å². The minimum absolute atomic E-state index is 0.0951. The summed E-state index contributed by atoms with van der Waals surface area (Å²) in [5.41, 5.74) is 3.31. The van der Waals surface area contributed by atoms with E-state index in [1.807, 2.05) is 13.8 Å². The molecule has 2 aromatic rings. The molecule has 0 radical (unpaired) electrons. The number of piperazine rings is 1. The molecule has 2 heterocycles. The number of rotatable bonds is 8. The number of carbonyl (C=O) groups is 1. The minimum atomic E-state index is 0.0951. The summed E-state index contributed by atoms with van der Waals surface area (Å²) in [7, 11) is 0. The fraction of sp³-hybridized carbons (Fsp3) is 0.524. The predicted octanol–water partition coefficient (Wildman–Crippen LogP) is 2.16. The van der Waals surface area contributed by atoms with Crippen molar-refractivity contribution in [1.29, 1.82) is 0 Å². The quantitative estimate of drug-likeness (QED) is 0.772. The molecule has 1 N–H and O–H groups in total. The zero-order valence-corrected chi connectivity index (χ0v) is 16.4. The van der Waals surface area contributed by atoms with Gasteiger partial charge in [0.2, 0.25) is 5.91 Å². The summed E-state index contributed by atoms with van der Waals surface area (Å²) in [6.07, 6.45) is 1.17. The lowest BCUT2D eigenvalue weighted by Crippen LogP contribution is -2.48. The smallest absolute Gasteiger partial charge is 0.220 e. The van der Waals surface area contributed by atoms with Gasteiger partial charge in [0.25, 0.3) is 0 Å². The van der Waals surface area contributed by atoms with Crippen molar-refractivity contribution in [2.75, 3.05) is 39.3 Å². The topological polar surface area (TPSA) is 61.6 Å². The molecular formula is C21H30N4O2. The lowest BCUT2D eigenvalue weighted by molar-refractivity contribution is -0.121. The van der Waals surface area contributed by atoms with Crippen LogP contribution in [0, 0.1) is 13.8 Å². The predicted molar refractivity (Wildman–Crippen MR) is 105 cm³/mol. The van der Waals surface area contributed by atoms with Gasteiger partial charge in [-0.1, -0.05) is 35.5 Å². The lowest BCUT2D eigenvalue weighted by atomic mass is 10.1. The molecule has 146 valence electrons. The highest BCUT2D eigenvalue weighted by Gasteiger charge is 2.17. The normalized spacial score (nSPS) is 15.8. The second-order valence-electron chi connectivity index (χ2n) is 7.26. The Labute approximate surface area is 161 Å². The fourth-order valence-corrected chi connectivity index (χ4v) is 3.55. The first kappa shape index (κ1) is 19.6. The molecule has 6 nitrogen and oxygen atoms in total. The van der Waals surface area contributed by atoms with Crippen molar-refractivity contribution >= 4 is 5.91 Å². The van der Waals surface area contributed by atoms with Crippen LogP contribution in [0.4, 0.5) is 0 Å². The van der Waals surface area contributed by atoms with Gasteiger partial charge in [0, 0.05) is 57.8 Å². The molecule has 6 heteroatoms. The number of amides is 1. The van der Waals surface area contributed by atoms with Gasteiger partial charge in [0.15, 0.2) is 0 Å². The standard InChI is InChI=1S/C21H30N4O2/c1-17-20(18(2)27-23-17)8-9-21(26)22-10-11-24-12-14-25(15-13-24)16-19-6-4-3-5-7-19/h3-7H,8-16H2,1-2H3,(H,22,26). The van der Waals surface area contributed by atoms with Gasteiger partial charge in [-0.15, -0.1) is 0 Å². The monoisotopic (exact) mass is 370 g/mol. The lowest BCUT2D eigenvalue weighted by Gasteiger charge is -2.34. The molecule has 0 bridgehead atoms. The van der Waals surface area contributed by atoms with E-state index in [0.717, 1.165) is 56.3 Å². The van der Waals surface area contributed by atoms with Crippen LogP contribution < -0.4 is 5.32 Å². The highest BCUT2D eigenvalue weighted by Crippen LogP contribution is 2.14. The molecule has 3 rings (SSSR count). The Bertz CT molecular complexity index is 702. The summed E-state index contributed by atoms with van der Waals surface area (Å²) in [6.45, 7) is 10.7. The van der Waals surface area contributed by atoms with Crippen molar-refractivity contribution in [2.45, 2.75) is 33.2 Å². The van der Waals surface area contributed by atoms with Crippen LogP contribution in [-0.4, -0.2) is 60.1 Å². The summed E-state index contributed by atoms with van der Waals surface area (Å²) in [5.74, 6) is 0.909. The van der Waals surface area contributed by atoms with Gasteiger partial charge in [-0.05, 0) is 25.8 Å². The van der Waals surface area contributed by atoms with E-state index in [1.165, 1.54) is 5.56 Å². The van der Waals surface area contributed by atoms with Gasteiger partial charge in [0.1, 0.15) is 5.76 Å². The van der Waals surface area contributed by atoms with Crippen molar-refractivity contribution in [3.05, 3.63) is 52.9 Å². The zero-order chi connectivity index (χ0) is 19.1. The van der Waals surface area contributed by atoms with Crippen LogP contribution in [-0.2, 0) is 17.8 Å². The van der Waals surface area contributed by atoms with Crippen molar-refractivity contribution < 1.29 is 9.32 Å². The number of benzene rings is 1. The molecule has 0 aliphatic carbocycles. The molecule has 0 saturated carbocycles. The van der Waals surface area contributed by atoms with E-state index < -0.39 is 0 Å². The number of hydrogen-bond acceptors (Lipinski definition) is 5. The van der Waals surface area contributed by atoms with Crippen molar-refractivity contribution in [2.24, 2.45) is 0 Å². The van der Waals surface area contributed by atoms with Crippen LogP contribution in [0.2, 0.25) is 0 Å². The molecule has 1 amide bonds. The van der Waals surface area contributed by atoms with Crippen molar-refractivity contribution in [3.8, 4) is 0 Å². The van der Waals surface area contributed by atoms with E-state index in [9.17, 15) is 4.79 Å². The second kappa shape index (κ2) is 9.67. The summed E-state index contributed by atoms with van der Waals surface area (Å²) in [5, 5.41) is 6.97. The Kier molecular flexibility index (Phi) is 7.01. The maximum atomic E-state index is 12.1. The van der Waals surface area contributed by atoms with Gasteiger partial charge >= 0.3 is 0 Å². The first-order valence-corrected chi connectivity index (χ1v) is 9.79. The third-order valence-electron chi connectivity index (χ3n) is 5.25. The van der Waals surface area contributed by atoms with E-state index in [2.05, 4.69) is 50.6 Å². The summed E-state index contributed by atoms with van der Waals surface area (Å²) in [6, 6.07) is 10.6. The molecule has 27 heavy (non-hydrogen) atoms. The Morgan fingerprint density at radius 2 is 1.81 bits per heavy atom. The minimum Gasteiger partial charge on any atom is -0.361 e. The molecule has 1 aromatic heterocycles. The Morgan fingerprint density at radius 3 is 2.48 bits per heavy atom. The van der Waals surface area contributed by atoms with Crippen LogP contribution >= 0.6 is 0 Å². The van der Waals surface area contributed by atoms with Crippen LogP contribution in [0.5, 0.6) is 0 Å². The fourth-order valence-electron chi connectivity index (χ4n) is 3.55. The van der Waals surface area contributed by atoms with Crippen LogP contribution in [0.1, 0.15) is 29.0 Å². The first-order chi connectivity index (χ1) is 13.1. The summed E-state index contributed by atoms with van der Waals surface area (Å²) < 4.78 is 5.14. The van der Waals surface area contributed by atoms with Crippen molar-refractivity contribution in [1.82, 2.24) is 20.3 Å². The summed E-state index contributed by atoms with van der Waals surface area (Å²) >= 11 is 0. The van der Waals surface area contributed by atoms with E-state index in [1.54, 1.807) is 0 Å². The molecule has 1 aromatic carbocycles. The number of nitrogens with one attached hydrogen (secondary N) is 1. The molecule has 0 spiro atoms. The number of hydrogen-bond donors (Lipinski definition) is 1. The van der Waals surface area contributed by atoms with Crippen LogP contribution in [0.3, 0.4) is 0 Å². The number of aromatic nitrogens is 1. The Hall–Kier alpha value is -2.18. The van der Waals surface area contributed by atoms with Gasteiger partial charge in [-0.3, -0.25) is 14.6 Å². The molecule has 0 unspecified atom stereocenters. The van der Waals surface area contributed by atoms with Gasteiger partial charge in [-0.25, -0.2) is 0 Å². The zero-order valence-electron chi connectivity index (χ0n) is 16.4. The third kappa shape index (κ3) is 5.91. The number of carbonyl (C=O) groups excluding carboxylic acids is 1. The maximum Gasteiger partial charge on any atom is 0.220 e. The van der Waals surface area contributed by atoms with E-state index in [-0.39, 0.29) is 5.91 Å². The van der Waals surface area contributed by atoms with Gasteiger partial charge in [-0.2, -0.15) is 0 Å². The number of nitrogens with zero attached hydrogens (tertiary/aromatic N) is 3. The van der Waals surface area contributed by atoms with E-state index in [0.29, 0.717) is 19.4 Å².